The Morgan fingerprint density at radius 3 is 2.18 bits per heavy atom. The van der Waals surface area contributed by atoms with Crippen molar-refractivity contribution in [1.29, 1.82) is 0 Å². The highest BCUT2D eigenvalue weighted by atomic mass is 32.1. The number of nitrogens with one attached hydrogen (secondary N) is 1. The number of halogens is 1. The van der Waals surface area contributed by atoms with Crippen molar-refractivity contribution >= 4 is 51.1 Å². The first kappa shape index (κ1) is 45.0. The van der Waals surface area contributed by atoms with Crippen molar-refractivity contribution in [1.82, 2.24) is 39.2 Å². The highest BCUT2D eigenvalue weighted by molar-refractivity contribution is 7.08. The van der Waals surface area contributed by atoms with Crippen LogP contribution in [-0.2, 0) is 0 Å². The van der Waals surface area contributed by atoms with E-state index in [1.807, 2.05) is 108 Å². The maximum Gasteiger partial charge on any atom is 0.267 e. The predicted molar refractivity (Wildman–Crippen MR) is 230 cm³/mol. The van der Waals surface area contributed by atoms with Gasteiger partial charge in [0.25, 0.3) is 17.7 Å². The van der Waals surface area contributed by atoms with Gasteiger partial charge in [-0.2, -0.15) is 0 Å². The molecule has 0 saturated carbocycles. The van der Waals surface area contributed by atoms with Gasteiger partial charge in [0.15, 0.2) is 0 Å². The van der Waals surface area contributed by atoms with Crippen LogP contribution < -0.4 is 0 Å². The molecule has 3 aromatic heterocycles. The van der Waals surface area contributed by atoms with Gasteiger partial charge in [0.1, 0.15) is 4.88 Å². The summed E-state index contributed by atoms with van der Waals surface area (Å²) < 4.78 is 16.2. The first-order chi connectivity index (χ1) is 27.1. The maximum atomic E-state index is 12.6. The van der Waals surface area contributed by atoms with Gasteiger partial charge >= 0.3 is 0 Å². The second kappa shape index (κ2) is 21.1. The minimum absolute atomic E-state index is 0.0421. The van der Waals surface area contributed by atoms with Crippen LogP contribution in [0.3, 0.4) is 0 Å². The van der Waals surface area contributed by atoms with Crippen LogP contribution in [0.5, 0.6) is 0 Å². The Morgan fingerprint density at radius 2 is 1.54 bits per heavy atom. The van der Waals surface area contributed by atoms with Gasteiger partial charge in [0.05, 0.1) is 29.0 Å². The monoisotopic (exact) mass is 800 g/mol. The van der Waals surface area contributed by atoms with Gasteiger partial charge in [0, 0.05) is 73.0 Å². The van der Waals surface area contributed by atoms with Crippen LogP contribution in [0.2, 0.25) is 0 Å². The molecule has 3 amide bonds. The third-order valence-corrected chi connectivity index (χ3v) is 11.0. The molecule has 5 aromatic rings. The van der Waals surface area contributed by atoms with E-state index in [-0.39, 0.29) is 35.3 Å². The van der Waals surface area contributed by atoms with Crippen molar-refractivity contribution in [3.8, 4) is 0 Å². The number of amides is 3. The number of H-pyrrole nitrogens is 1. The van der Waals surface area contributed by atoms with Crippen LogP contribution in [0.4, 0.5) is 4.39 Å². The lowest BCUT2D eigenvalue weighted by molar-refractivity contribution is 0.0654. The van der Waals surface area contributed by atoms with Gasteiger partial charge in [0.2, 0.25) is 0 Å². The van der Waals surface area contributed by atoms with E-state index in [1.165, 1.54) is 43.9 Å². The van der Waals surface area contributed by atoms with E-state index in [2.05, 4.69) is 38.3 Å². The van der Waals surface area contributed by atoms with Crippen LogP contribution in [0.15, 0.2) is 67.0 Å². The van der Waals surface area contributed by atoms with Gasteiger partial charge in [-0.25, -0.2) is 0 Å². The van der Waals surface area contributed by atoms with Crippen molar-refractivity contribution in [3.63, 3.8) is 0 Å². The third kappa shape index (κ3) is 12.4. The second-order valence-electron chi connectivity index (χ2n) is 16.0. The summed E-state index contributed by atoms with van der Waals surface area (Å²) in [6, 6.07) is 17.6. The standard InChI is InChI=1S/C16H19FN2O.C14H24N4OS.C14H18N2O/c1-12(2)19(9-5-8-17)16(20)14-10-13-6-3-4-7-15(13)18-11-14;1-11(2)18(10-9-17-7-5-4-6-8-17)14(19)13-12(3)15-16-20-13;1-14(2,3)16(4)13(17)11-9-15-12-8-6-5-7-10(11)12/h3-4,6-7,10-12H,5,8-9H2,1-2H3;11H,4-10H2,1-3H3;5-9,15H,1-4H3. The fraction of sp³-hybridized carbons (Fsp3) is 0.500. The van der Waals surface area contributed by atoms with Gasteiger partial charge in [-0.05, 0) is 117 Å². The summed E-state index contributed by atoms with van der Waals surface area (Å²) >= 11 is 1.20. The number of para-hydroxylation sites is 2. The molecule has 1 saturated heterocycles. The fourth-order valence-corrected chi connectivity index (χ4v) is 7.11. The Labute approximate surface area is 341 Å². The summed E-state index contributed by atoms with van der Waals surface area (Å²) in [5.74, 6) is 0.0335. The number of aryl methyl sites for hydroxylation is 1. The number of piperidine rings is 1. The van der Waals surface area contributed by atoms with Gasteiger partial charge in [-0.15, -0.1) is 5.10 Å². The van der Waals surface area contributed by atoms with Crippen molar-refractivity contribution < 1.29 is 18.8 Å². The summed E-state index contributed by atoms with van der Waals surface area (Å²) in [6.07, 6.45) is 7.66. The molecule has 1 N–H and O–H groups in total. The molecular formula is C44H61FN8O3S. The number of hydrogen-bond acceptors (Lipinski definition) is 8. The van der Waals surface area contributed by atoms with E-state index >= 15 is 0 Å². The lowest BCUT2D eigenvalue weighted by Crippen LogP contribution is -2.43. The minimum atomic E-state index is -0.410. The molecule has 13 heteroatoms. The highest BCUT2D eigenvalue weighted by Crippen LogP contribution is 2.22. The number of carbonyl (C=O) groups is 3. The topological polar surface area (TPSA) is 119 Å². The van der Waals surface area contributed by atoms with Gasteiger partial charge in [-0.3, -0.25) is 23.8 Å². The molecular weight excluding hydrogens is 740 g/mol. The Morgan fingerprint density at radius 1 is 0.895 bits per heavy atom. The fourth-order valence-electron chi connectivity index (χ4n) is 6.50. The Hall–Kier alpha value is -4.75. The summed E-state index contributed by atoms with van der Waals surface area (Å²) in [5.41, 5.74) is 3.72. The van der Waals surface area contributed by atoms with Crippen LogP contribution in [0.1, 0.15) is 110 Å². The van der Waals surface area contributed by atoms with Crippen LogP contribution in [0, 0.1) is 6.92 Å². The molecule has 308 valence electrons. The normalized spacial score (nSPS) is 13.2. The maximum absolute atomic E-state index is 12.6. The average Bonchev–Trinajstić information content (AvgIpc) is 3.84. The zero-order chi connectivity index (χ0) is 41.7. The first-order valence-electron chi connectivity index (χ1n) is 20.0. The van der Waals surface area contributed by atoms with Crippen molar-refractivity contribution in [3.05, 3.63) is 88.7 Å². The first-order valence-corrected chi connectivity index (χ1v) is 20.8. The molecule has 57 heavy (non-hydrogen) atoms. The Balaban J connectivity index is 0.000000190. The highest BCUT2D eigenvalue weighted by Gasteiger charge is 2.26. The van der Waals surface area contributed by atoms with Crippen molar-refractivity contribution in [2.75, 3.05) is 46.4 Å². The Bertz CT molecular complexity index is 2050. The molecule has 6 rings (SSSR count). The summed E-state index contributed by atoms with van der Waals surface area (Å²) in [5, 5.41) is 5.86. The summed E-state index contributed by atoms with van der Waals surface area (Å²) in [6.45, 7) is 20.0. The van der Waals surface area contributed by atoms with E-state index < -0.39 is 6.67 Å². The number of carbonyl (C=O) groups excluding carboxylic acids is 3. The molecule has 0 bridgehead atoms. The molecule has 2 aromatic carbocycles. The molecule has 0 spiro atoms. The number of hydrogen-bond donors (Lipinski definition) is 1. The smallest absolute Gasteiger partial charge is 0.267 e. The second-order valence-corrected chi connectivity index (χ2v) is 16.8. The molecule has 11 nitrogen and oxygen atoms in total. The molecule has 0 atom stereocenters. The summed E-state index contributed by atoms with van der Waals surface area (Å²) in [7, 11) is 1.84. The molecule has 1 aliphatic rings. The number of likely N-dealkylation sites (tertiary alicyclic amines) is 1. The number of rotatable bonds is 11. The summed E-state index contributed by atoms with van der Waals surface area (Å²) in [4.78, 5) is 53.4. The number of aromatic nitrogens is 4. The molecule has 1 aliphatic heterocycles. The number of nitrogens with zero attached hydrogens (tertiary/aromatic N) is 7. The molecule has 0 radical (unpaired) electrons. The van der Waals surface area contributed by atoms with Gasteiger partial charge < -0.3 is 24.6 Å². The van der Waals surface area contributed by atoms with E-state index in [0.717, 1.165) is 46.2 Å². The predicted octanol–water partition coefficient (Wildman–Crippen LogP) is 8.67. The van der Waals surface area contributed by atoms with E-state index in [9.17, 15) is 18.8 Å². The lowest BCUT2D eigenvalue weighted by Gasteiger charge is -2.31. The quantitative estimate of drug-likeness (QED) is 0.142. The largest absolute Gasteiger partial charge is 0.360 e. The van der Waals surface area contributed by atoms with Crippen LogP contribution >= 0.6 is 11.5 Å². The third-order valence-electron chi connectivity index (χ3n) is 10.2. The number of aromatic amines is 1. The number of alkyl halides is 1. The number of fused-ring (bicyclic) bond motifs is 2. The molecule has 1 fully saturated rings. The van der Waals surface area contributed by atoms with Crippen molar-refractivity contribution in [2.24, 2.45) is 0 Å². The van der Waals surface area contributed by atoms with Gasteiger partial charge in [-0.1, -0.05) is 47.3 Å². The number of benzene rings is 2. The van der Waals surface area contributed by atoms with Crippen LogP contribution in [-0.4, -0.2) is 121 Å². The van der Waals surface area contributed by atoms with E-state index in [0.29, 0.717) is 23.4 Å². The van der Waals surface area contributed by atoms with E-state index in [1.54, 1.807) is 22.2 Å². The number of pyridine rings is 1. The molecule has 4 heterocycles. The SMILES string of the molecule is CC(C)N(CCCF)C(=O)c1cnc2ccccc2c1.CN(C(=O)c1c[nH]c2ccccc12)C(C)(C)C.Cc1nnsc1C(=O)N(CCN1CCCCC1)C(C)C. The van der Waals surface area contributed by atoms with Crippen molar-refractivity contribution in [2.45, 2.75) is 98.7 Å². The zero-order valence-electron chi connectivity index (χ0n) is 35.2. The van der Waals surface area contributed by atoms with Crippen LogP contribution in [0.25, 0.3) is 21.8 Å². The molecule has 0 aliphatic carbocycles. The molecule has 0 unspecified atom stereocenters. The lowest BCUT2D eigenvalue weighted by atomic mass is 10.0. The van der Waals surface area contributed by atoms with E-state index in [4.69, 9.17) is 0 Å². The average molecular weight is 801 g/mol. The Kier molecular flexibility index (Phi) is 16.7. The minimum Gasteiger partial charge on any atom is -0.360 e. The zero-order valence-corrected chi connectivity index (χ0v) is 36.0.